The van der Waals surface area contributed by atoms with Crippen molar-refractivity contribution in [3.8, 4) is 0 Å². The fourth-order valence-electron chi connectivity index (χ4n) is 1.95. The van der Waals surface area contributed by atoms with Crippen LogP contribution in [0.4, 0.5) is 0 Å². The van der Waals surface area contributed by atoms with E-state index < -0.39 is 0 Å². The van der Waals surface area contributed by atoms with E-state index in [4.69, 9.17) is 0 Å². The number of hydrogen-bond donors (Lipinski definition) is 1. The van der Waals surface area contributed by atoms with Crippen LogP contribution in [0.25, 0.3) is 0 Å². The maximum atomic E-state index is 11.5. The van der Waals surface area contributed by atoms with Crippen LogP contribution in [0.5, 0.6) is 0 Å². The topological polar surface area (TPSA) is 35.6 Å². The van der Waals surface area contributed by atoms with E-state index in [2.05, 4.69) is 17.1 Å². The lowest BCUT2D eigenvalue weighted by Crippen LogP contribution is -2.46. The Bertz CT molecular complexity index is 198. The average Bonchev–Trinajstić information content (AvgIpc) is 2.17. The van der Waals surface area contributed by atoms with Crippen molar-refractivity contribution in [3.05, 3.63) is 0 Å². The highest BCUT2D eigenvalue weighted by molar-refractivity contribution is 5.78. The number of carbonyl (C=O) groups excluding carboxylic acids is 1. The summed E-state index contributed by atoms with van der Waals surface area (Å²) in [7, 11) is 3.83. The molecule has 1 aliphatic rings. The van der Waals surface area contributed by atoms with Gasteiger partial charge < -0.3 is 15.1 Å². The van der Waals surface area contributed by atoms with Crippen molar-refractivity contribution in [2.75, 3.05) is 40.3 Å². The largest absolute Gasteiger partial charge is 0.352 e. The first-order valence-corrected chi connectivity index (χ1v) is 5.78. The second-order valence-corrected chi connectivity index (χ2v) is 4.51. The molecule has 1 heterocycles. The van der Waals surface area contributed by atoms with Crippen LogP contribution in [0.15, 0.2) is 0 Å². The monoisotopic (exact) mass is 213 g/mol. The average molecular weight is 213 g/mol. The number of amides is 1. The highest BCUT2D eigenvalue weighted by atomic mass is 16.2. The smallest absolute Gasteiger partial charge is 0.234 e. The molecule has 1 rings (SSSR count). The van der Waals surface area contributed by atoms with Gasteiger partial charge in [0, 0.05) is 19.1 Å². The van der Waals surface area contributed by atoms with Crippen molar-refractivity contribution in [2.45, 2.75) is 25.8 Å². The molecule has 0 saturated carbocycles. The zero-order valence-corrected chi connectivity index (χ0v) is 10.1. The van der Waals surface area contributed by atoms with Crippen LogP contribution >= 0.6 is 0 Å². The van der Waals surface area contributed by atoms with Crippen LogP contribution in [0.1, 0.15) is 19.8 Å². The number of nitrogens with zero attached hydrogens (tertiary/aromatic N) is 2. The Kier molecular flexibility index (Phi) is 5.05. The summed E-state index contributed by atoms with van der Waals surface area (Å²) in [5.74, 6) is 0.148. The standard InChI is InChI=1S/C11H23N3O/c1-4-14-7-5-10(6-8-14)12-11(15)9-13(2)3/h10H,4-9H2,1-3H3,(H,12,15). The van der Waals surface area contributed by atoms with Gasteiger partial charge in [-0.2, -0.15) is 0 Å². The van der Waals surface area contributed by atoms with Gasteiger partial charge in [0.1, 0.15) is 0 Å². The third-order valence-electron chi connectivity index (χ3n) is 2.86. The number of carbonyl (C=O) groups is 1. The van der Waals surface area contributed by atoms with Gasteiger partial charge in [-0.05, 0) is 33.5 Å². The maximum Gasteiger partial charge on any atom is 0.234 e. The first-order chi connectivity index (χ1) is 7.11. The van der Waals surface area contributed by atoms with Gasteiger partial charge in [0.25, 0.3) is 0 Å². The van der Waals surface area contributed by atoms with Crippen molar-refractivity contribution in [3.63, 3.8) is 0 Å². The maximum absolute atomic E-state index is 11.5. The number of likely N-dealkylation sites (tertiary alicyclic amines) is 1. The zero-order valence-electron chi connectivity index (χ0n) is 10.1. The van der Waals surface area contributed by atoms with Crippen molar-refractivity contribution in [1.29, 1.82) is 0 Å². The Morgan fingerprint density at radius 2 is 2.00 bits per heavy atom. The fourth-order valence-corrected chi connectivity index (χ4v) is 1.95. The van der Waals surface area contributed by atoms with Crippen LogP contribution < -0.4 is 5.32 Å². The molecule has 0 bridgehead atoms. The highest BCUT2D eigenvalue weighted by Crippen LogP contribution is 2.09. The minimum absolute atomic E-state index is 0.148. The SMILES string of the molecule is CCN1CCC(NC(=O)CN(C)C)CC1. The molecule has 4 heteroatoms. The molecule has 1 fully saturated rings. The van der Waals surface area contributed by atoms with E-state index in [1.165, 1.54) is 0 Å². The summed E-state index contributed by atoms with van der Waals surface area (Å²) in [6.07, 6.45) is 2.18. The molecule has 0 unspecified atom stereocenters. The first-order valence-electron chi connectivity index (χ1n) is 5.78. The molecule has 1 saturated heterocycles. The van der Waals surface area contributed by atoms with Gasteiger partial charge in [-0.15, -0.1) is 0 Å². The van der Waals surface area contributed by atoms with Crippen molar-refractivity contribution in [1.82, 2.24) is 15.1 Å². The highest BCUT2D eigenvalue weighted by Gasteiger charge is 2.19. The minimum atomic E-state index is 0.148. The number of rotatable bonds is 4. The second-order valence-electron chi connectivity index (χ2n) is 4.51. The van der Waals surface area contributed by atoms with Crippen LogP contribution in [0.3, 0.4) is 0 Å². The van der Waals surface area contributed by atoms with Gasteiger partial charge >= 0.3 is 0 Å². The van der Waals surface area contributed by atoms with Gasteiger partial charge in [0.05, 0.1) is 6.54 Å². The molecule has 0 radical (unpaired) electrons. The zero-order chi connectivity index (χ0) is 11.3. The quantitative estimate of drug-likeness (QED) is 0.722. The summed E-state index contributed by atoms with van der Waals surface area (Å²) in [6.45, 7) is 6.03. The predicted octanol–water partition coefficient (Wildman–Crippen LogP) is 0.149. The van der Waals surface area contributed by atoms with Crippen LogP contribution in [0, 0.1) is 0 Å². The second kappa shape index (κ2) is 6.08. The van der Waals surface area contributed by atoms with Crippen molar-refractivity contribution >= 4 is 5.91 Å². The molecule has 15 heavy (non-hydrogen) atoms. The third-order valence-corrected chi connectivity index (χ3v) is 2.86. The number of hydrogen-bond acceptors (Lipinski definition) is 3. The molecule has 0 spiro atoms. The van der Waals surface area contributed by atoms with Gasteiger partial charge in [-0.1, -0.05) is 6.92 Å². The van der Waals surface area contributed by atoms with Crippen LogP contribution in [0.2, 0.25) is 0 Å². The molecule has 1 amide bonds. The third kappa shape index (κ3) is 4.62. The molecular formula is C11H23N3O. The van der Waals surface area contributed by atoms with E-state index in [9.17, 15) is 4.79 Å². The summed E-state index contributed by atoms with van der Waals surface area (Å²) in [5, 5.41) is 3.09. The summed E-state index contributed by atoms with van der Waals surface area (Å²) in [6, 6.07) is 0.389. The summed E-state index contributed by atoms with van der Waals surface area (Å²) >= 11 is 0. The number of likely N-dealkylation sites (N-methyl/N-ethyl adjacent to an activating group) is 1. The molecule has 4 nitrogen and oxygen atoms in total. The van der Waals surface area contributed by atoms with E-state index in [1.807, 2.05) is 19.0 Å². The molecule has 0 aromatic rings. The molecule has 0 aromatic heterocycles. The molecule has 1 aliphatic heterocycles. The molecule has 0 aliphatic carbocycles. The molecule has 0 atom stereocenters. The molecule has 1 N–H and O–H groups in total. The lowest BCUT2D eigenvalue weighted by atomic mass is 10.1. The summed E-state index contributed by atoms with van der Waals surface area (Å²) in [4.78, 5) is 15.8. The van der Waals surface area contributed by atoms with E-state index in [0.29, 0.717) is 12.6 Å². The molecular weight excluding hydrogens is 190 g/mol. The van der Waals surface area contributed by atoms with Crippen LogP contribution in [-0.4, -0.2) is 62.0 Å². The number of nitrogens with one attached hydrogen (secondary N) is 1. The Morgan fingerprint density at radius 3 is 2.47 bits per heavy atom. The Morgan fingerprint density at radius 1 is 1.40 bits per heavy atom. The predicted molar refractivity (Wildman–Crippen MR) is 61.8 cm³/mol. The van der Waals surface area contributed by atoms with Gasteiger partial charge in [-0.3, -0.25) is 4.79 Å². The van der Waals surface area contributed by atoms with E-state index in [-0.39, 0.29) is 5.91 Å². The van der Waals surface area contributed by atoms with E-state index in [0.717, 1.165) is 32.5 Å². The van der Waals surface area contributed by atoms with E-state index >= 15 is 0 Å². The Hall–Kier alpha value is -0.610. The van der Waals surface area contributed by atoms with E-state index in [1.54, 1.807) is 0 Å². The van der Waals surface area contributed by atoms with Gasteiger partial charge in [-0.25, -0.2) is 0 Å². The summed E-state index contributed by atoms with van der Waals surface area (Å²) in [5.41, 5.74) is 0. The molecule has 0 aromatic carbocycles. The van der Waals surface area contributed by atoms with Crippen LogP contribution in [-0.2, 0) is 4.79 Å². The van der Waals surface area contributed by atoms with Crippen molar-refractivity contribution < 1.29 is 4.79 Å². The lowest BCUT2D eigenvalue weighted by Gasteiger charge is -2.31. The number of piperidine rings is 1. The minimum Gasteiger partial charge on any atom is -0.352 e. The molecule has 88 valence electrons. The lowest BCUT2D eigenvalue weighted by molar-refractivity contribution is -0.122. The fraction of sp³-hybridized carbons (Fsp3) is 0.909. The Balaban J connectivity index is 2.20. The van der Waals surface area contributed by atoms with Gasteiger partial charge in [0.2, 0.25) is 5.91 Å². The van der Waals surface area contributed by atoms with Crippen molar-refractivity contribution in [2.24, 2.45) is 0 Å². The summed E-state index contributed by atoms with van der Waals surface area (Å²) < 4.78 is 0. The van der Waals surface area contributed by atoms with Gasteiger partial charge in [0.15, 0.2) is 0 Å². The first kappa shape index (κ1) is 12.5. The normalized spacial score (nSPS) is 19.5. The Labute approximate surface area is 92.6 Å².